The van der Waals surface area contributed by atoms with E-state index in [4.69, 9.17) is 9.47 Å². The lowest BCUT2D eigenvalue weighted by atomic mass is 9.68. The van der Waals surface area contributed by atoms with Gasteiger partial charge in [-0.25, -0.2) is 4.98 Å². The van der Waals surface area contributed by atoms with E-state index in [0.717, 1.165) is 34.7 Å². The number of fused-ring (bicyclic) bond motifs is 1. The van der Waals surface area contributed by atoms with Gasteiger partial charge in [-0.1, -0.05) is 20.8 Å². The summed E-state index contributed by atoms with van der Waals surface area (Å²) in [5, 5.41) is 1.03. The number of carbonyl (C=O) groups is 2. The quantitative estimate of drug-likeness (QED) is 0.662. The number of nitrogens with zero attached hydrogens (tertiary/aromatic N) is 2. The number of ether oxygens (including phenoxy) is 2. The lowest BCUT2D eigenvalue weighted by Crippen LogP contribution is -2.46. The van der Waals surface area contributed by atoms with Gasteiger partial charge in [0, 0.05) is 40.9 Å². The monoisotopic (exact) mass is 456 g/mol. The first-order valence-electron chi connectivity index (χ1n) is 11.1. The summed E-state index contributed by atoms with van der Waals surface area (Å²) in [7, 11) is 3.19. The van der Waals surface area contributed by atoms with Gasteiger partial charge in [-0.05, 0) is 43.7 Å². The molecule has 2 aliphatic rings. The fourth-order valence-corrected chi connectivity index (χ4v) is 6.08. The van der Waals surface area contributed by atoms with E-state index in [2.05, 4.69) is 25.8 Å². The van der Waals surface area contributed by atoms with Gasteiger partial charge < -0.3 is 14.4 Å². The molecule has 1 aliphatic carbocycles. The minimum Gasteiger partial charge on any atom is -0.496 e. The molecule has 7 heteroatoms. The van der Waals surface area contributed by atoms with Gasteiger partial charge in [-0.2, -0.15) is 0 Å². The molecular formula is C25H32N2O4S. The Bertz CT molecular complexity index is 1030. The molecule has 4 rings (SSSR count). The van der Waals surface area contributed by atoms with Crippen LogP contribution in [0, 0.1) is 12.3 Å². The number of Topliss-reactive ketones (excluding diaryl/α,β-unsaturated/α-hetero) is 1. The zero-order chi connectivity index (χ0) is 23.3. The highest BCUT2D eigenvalue weighted by Crippen LogP contribution is 2.46. The molecule has 2 aromatic rings. The summed E-state index contributed by atoms with van der Waals surface area (Å²) in [6, 6.07) is 3.57. The Hall–Kier alpha value is -2.41. The predicted molar refractivity (Wildman–Crippen MR) is 125 cm³/mol. The molecule has 1 aromatic heterocycles. The van der Waals surface area contributed by atoms with Crippen molar-refractivity contribution in [2.45, 2.75) is 58.8 Å². The first-order chi connectivity index (χ1) is 15.1. The fourth-order valence-electron chi connectivity index (χ4n) is 4.77. The van der Waals surface area contributed by atoms with Gasteiger partial charge in [-0.15, -0.1) is 11.3 Å². The van der Waals surface area contributed by atoms with Crippen molar-refractivity contribution in [2.24, 2.45) is 5.41 Å². The Kier molecular flexibility index (Phi) is 5.82. The fraction of sp³-hybridized carbons (Fsp3) is 0.560. The highest BCUT2D eigenvalue weighted by atomic mass is 32.1. The van der Waals surface area contributed by atoms with Crippen molar-refractivity contribution in [3.05, 3.63) is 38.8 Å². The molecule has 1 amide bonds. The average Bonchev–Trinajstić information content (AvgIpc) is 3.19. The highest BCUT2D eigenvalue weighted by molar-refractivity contribution is 7.12. The number of aromatic nitrogens is 1. The number of piperidine rings is 1. The molecule has 0 atom stereocenters. The van der Waals surface area contributed by atoms with Gasteiger partial charge in [-0.3, -0.25) is 9.59 Å². The molecule has 0 bridgehead atoms. The third-order valence-corrected chi connectivity index (χ3v) is 8.27. The number of likely N-dealkylation sites (tertiary alicyclic amines) is 1. The number of amides is 1. The van der Waals surface area contributed by atoms with Crippen molar-refractivity contribution < 1.29 is 19.1 Å². The third-order valence-electron chi connectivity index (χ3n) is 6.78. The maximum Gasteiger partial charge on any atom is 0.254 e. The lowest BCUT2D eigenvalue weighted by Gasteiger charge is -2.43. The maximum absolute atomic E-state index is 13.2. The molecule has 1 fully saturated rings. The second kappa shape index (κ2) is 8.18. The van der Waals surface area contributed by atoms with Crippen molar-refractivity contribution in [1.82, 2.24) is 9.88 Å². The van der Waals surface area contributed by atoms with Gasteiger partial charge in [0.1, 0.15) is 17.2 Å². The molecular weight excluding hydrogens is 424 g/mol. The third kappa shape index (κ3) is 4.03. The van der Waals surface area contributed by atoms with Gasteiger partial charge >= 0.3 is 0 Å². The summed E-state index contributed by atoms with van der Waals surface area (Å²) in [5.41, 5.74) is 2.01. The Morgan fingerprint density at radius 3 is 2.22 bits per heavy atom. The summed E-state index contributed by atoms with van der Waals surface area (Å²) in [4.78, 5) is 33.9. The number of hydrogen-bond donors (Lipinski definition) is 0. The molecule has 2 heterocycles. The molecule has 0 radical (unpaired) electrons. The molecule has 0 saturated carbocycles. The van der Waals surface area contributed by atoms with Crippen LogP contribution in [-0.4, -0.2) is 48.9 Å². The van der Waals surface area contributed by atoms with Gasteiger partial charge in [0.05, 0.1) is 19.2 Å². The van der Waals surface area contributed by atoms with Crippen LogP contribution in [-0.2, 0) is 11.8 Å². The zero-order valence-corrected chi connectivity index (χ0v) is 20.6. The summed E-state index contributed by atoms with van der Waals surface area (Å²) < 4.78 is 10.9. The van der Waals surface area contributed by atoms with E-state index in [-0.39, 0.29) is 22.5 Å². The molecule has 172 valence electrons. The summed E-state index contributed by atoms with van der Waals surface area (Å²) in [6.07, 6.45) is 3.07. The van der Waals surface area contributed by atoms with Crippen LogP contribution in [0.1, 0.15) is 76.3 Å². The second-order valence-corrected chi connectivity index (χ2v) is 11.2. The topological polar surface area (TPSA) is 68.7 Å². The van der Waals surface area contributed by atoms with Gasteiger partial charge in [0.25, 0.3) is 5.91 Å². The Labute approximate surface area is 193 Å². The van der Waals surface area contributed by atoms with Crippen molar-refractivity contribution in [1.29, 1.82) is 0 Å². The van der Waals surface area contributed by atoms with Crippen LogP contribution in [0.3, 0.4) is 0 Å². The molecule has 1 aliphatic heterocycles. The van der Waals surface area contributed by atoms with E-state index in [1.807, 2.05) is 11.8 Å². The molecule has 0 N–H and O–H groups in total. The van der Waals surface area contributed by atoms with Crippen LogP contribution in [0.2, 0.25) is 0 Å². The van der Waals surface area contributed by atoms with Crippen LogP contribution in [0.5, 0.6) is 11.5 Å². The normalized spacial score (nSPS) is 17.9. The van der Waals surface area contributed by atoms with E-state index in [0.29, 0.717) is 42.3 Å². The molecule has 0 unspecified atom stereocenters. The van der Waals surface area contributed by atoms with Crippen LogP contribution >= 0.6 is 11.3 Å². The molecule has 6 nitrogen and oxygen atoms in total. The number of benzene rings is 1. The van der Waals surface area contributed by atoms with Gasteiger partial charge in [0.2, 0.25) is 0 Å². The first kappa shape index (κ1) is 22.8. The number of hydrogen-bond acceptors (Lipinski definition) is 6. The number of carbonyl (C=O) groups excluding carboxylic acids is 2. The SMILES string of the molecule is COc1cc(C(=O)N2CCC3(CC2)CC(=O)c2nc(C(C)(C)C)sc2C3)cc(OC)c1C. The minimum atomic E-state index is -0.0643. The Balaban J connectivity index is 1.50. The van der Waals surface area contributed by atoms with Crippen LogP contribution < -0.4 is 9.47 Å². The summed E-state index contributed by atoms with van der Waals surface area (Å²) in [5.74, 6) is 1.43. The van der Waals surface area contributed by atoms with Gasteiger partial charge in [0.15, 0.2) is 5.78 Å². The van der Waals surface area contributed by atoms with E-state index in [9.17, 15) is 9.59 Å². The van der Waals surface area contributed by atoms with Crippen molar-refractivity contribution >= 4 is 23.0 Å². The van der Waals surface area contributed by atoms with E-state index in [1.54, 1.807) is 37.7 Å². The zero-order valence-electron chi connectivity index (χ0n) is 19.8. The molecule has 1 aromatic carbocycles. The smallest absolute Gasteiger partial charge is 0.254 e. The van der Waals surface area contributed by atoms with Crippen LogP contribution in [0.25, 0.3) is 0 Å². The molecule has 1 spiro atoms. The van der Waals surface area contributed by atoms with Crippen molar-refractivity contribution in [3.8, 4) is 11.5 Å². The highest BCUT2D eigenvalue weighted by Gasteiger charge is 2.44. The summed E-state index contributed by atoms with van der Waals surface area (Å²) in [6.45, 7) is 9.61. The lowest BCUT2D eigenvalue weighted by molar-refractivity contribution is 0.0521. The van der Waals surface area contributed by atoms with Crippen molar-refractivity contribution in [3.63, 3.8) is 0 Å². The Morgan fingerprint density at radius 2 is 1.69 bits per heavy atom. The Morgan fingerprint density at radius 1 is 1.09 bits per heavy atom. The van der Waals surface area contributed by atoms with Crippen LogP contribution in [0.15, 0.2) is 12.1 Å². The molecule has 1 saturated heterocycles. The van der Waals surface area contributed by atoms with E-state index in [1.165, 1.54) is 0 Å². The van der Waals surface area contributed by atoms with E-state index >= 15 is 0 Å². The number of methoxy groups -OCH3 is 2. The van der Waals surface area contributed by atoms with Crippen molar-refractivity contribution in [2.75, 3.05) is 27.3 Å². The van der Waals surface area contributed by atoms with Crippen LogP contribution in [0.4, 0.5) is 0 Å². The number of ketones is 1. The predicted octanol–water partition coefficient (Wildman–Crippen LogP) is 4.82. The van der Waals surface area contributed by atoms with E-state index < -0.39 is 0 Å². The second-order valence-electron chi connectivity index (χ2n) is 10.1. The largest absolute Gasteiger partial charge is 0.496 e. The average molecular weight is 457 g/mol. The maximum atomic E-state index is 13.2. The minimum absolute atomic E-state index is 0.0212. The first-order valence-corrected chi connectivity index (χ1v) is 11.9. The molecule has 32 heavy (non-hydrogen) atoms. The summed E-state index contributed by atoms with van der Waals surface area (Å²) >= 11 is 1.69. The number of thiazole rings is 1. The number of rotatable bonds is 3. The standard InChI is InChI=1S/C25H32N2O4S/c1-15-18(30-5)11-16(12-19(15)31-6)22(29)27-9-7-25(8-10-27)13-17(28)21-20(14-25)32-23(26-21)24(2,3)4/h11-12H,7-10,13-14H2,1-6H3.